The second-order valence-corrected chi connectivity index (χ2v) is 5.79. The molecule has 0 spiro atoms. The first kappa shape index (κ1) is 15.2. The summed E-state index contributed by atoms with van der Waals surface area (Å²) in [6, 6.07) is 7.07. The Morgan fingerprint density at radius 3 is 2.52 bits per heavy atom. The third-order valence-corrected chi connectivity index (χ3v) is 3.47. The fraction of sp³-hybridized carbons (Fsp3) is 0.438. The molecule has 1 heterocycles. The third kappa shape index (κ3) is 3.68. The lowest BCUT2D eigenvalue weighted by Gasteiger charge is -2.15. The van der Waals surface area contributed by atoms with Crippen molar-refractivity contribution in [2.75, 3.05) is 0 Å². The Bertz CT molecular complexity index is 691. The molecular formula is C16H21N3O2. The number of carbonyl (C=O) groups excluding carboxylic acids is 1. The summed E-state index contributed by atoms with van der Waals surface area (Å²) in [6.07, 6.45) is 1.98. The molecule has 1 aromatic heterocycles. The van der Waals surface area contributed by atoms with E-state index in [2.05, 4.69) is 29.4 Å². The molecule has 2 N–H and O–H groups in total. The number of aromatic nitrogens is 2. The molecule has 1 aromatic carbocycles. The van der Waals surface area contributed by atoms with Crippen molar-refractivity contribution in [1.29, 1.82) is 0 Å². The second-order valence-electron chi connectivity index (χ2n) is 5.79. The van der Waals surface area contributed by atoms with Gasteiger partial charge in [-0.1, -0.05) is 32.0 Å². The van der Waals surface area contributed by atoms with Gasteiger partial charge in [-0.2, -0.15) is 5.10 Å². The van der Waals surface area contributed by atoms with E-state index in [4.69, 9.17) is 0 Å². The van der Waals surface area contributed by atoms with Crippen LogP contribution >= 0.6 is 0 Å². The lowest BCUT2D eigenvalue weighted by atomic mass is 10.0. The SMILES string of the molecule is CC(C)CCC(C)NC(=O)c1n[nH]c(=O)c2ccccc12. The fourth-order valence-electron chi connectivity index (χ4n) is 2.24. The quantitative estimate of drug-likeness (QED) is 0.887. The van der Waals surface area contributed by atoms with Crippen LogP contribution in [0.2, 0.25) is 0 Å². The topological polar surface area (TPSA) is 74.8 Å². The van der Waals surface area contributed by atoms with E-state index in [9.17, 15) is 9.59 Å². The van der Waals surface area contributed by atoms with Crippen LogP contribution in [0.25, 0.3) is 10.8 Å². The minimum Gasteiger partial charge on any atom is -0.348 e. The van der Waals surface area contributed by atoms with Crippen LogP contribution in [0.4, 0.5) is 0 Å². The number of aromatic amines is 1. The summed E-state index contributed by atoms with van der Waals surface area (Å²) >= 11 is 0. The second kappa shape index (κ2) is 6.52. The van der Waals surface area contributed by atoms with Crippen molar-refractivity contribution in [3.63, 3.8) is 0 Å². The number of hydrogen-bond acceptors (Lipinski definition) is 3. The highest BCUT2D eigenvalue weighted by Gasteiger charge is 2.16. The molecule has 112 valence electrons. The van der Waals surface area contributed by atoms with E-state index in [1.807, 2.05) is 6.92 Å². The Hall–Kier alpha value is -2.17. The van der Waals surface area contributed by atoms with Gasteiger partial charge in [-0.25, -0.2) is 5.10 Å². The predicted octanol–water partition coefficient (Wildman–Crippen LogP) is 2.48. The van der Waals surface area contributed by atoms with Crippen LogP contribution in [-0.4, -0.2) is 22.1 Å². The average Bonchev–Trinajstić information content (AvgIpc) is 2.45. The summed E-state index contributed by atoms with van der Waals surface area (Å²) in [5.41, 5.74) is -0.0170. The van der Waals surface area contributed by atoms with Gasteiger partial charge in [0.25, 0.3) is 11.5 Å². The van der Waals surface area contributed by atoms with E-state index in [1.54, 1.807) is 24.3 Å². The molecule has 5 heteroatoms. The number of nitrogens with one attached hydrogen (secondary N) is 2. The van der Waals surface area contributed by atoms with Gasteiger partial charge < -0.3 is 5.32 Å². The number of hydrogen-bond donors (Lipinski definition) is 2. The van der Waals surface area contributed by atoms with Gasteiger partial charge in [-0.3, -0.25) is 9.59 Å². The maximum Gasteiger partial charge on any atom is 0.272 e. The Morgan fingerprint density at radius 1 is 1.19 bits per heavy atom. The summed E-state index contributed by atoms with van der Waals surface area (Å²) in [6.45, 7) is 6.30. The number of H-pyrrole nitrogens is 1. The average molecular weight is 287 g/mol. The summed E-state index contributed by atoms with van der Waals surface area (Å²) in [7, 11) is 0. The number of benzene rings is 1. The third-order valence-electron chi connectivity index (χ3n) is 3.47. The van der Waals surface area contributed by atoms with Crippen molar-refractivity contribution < 1.29 is 4.79 Å². The van der Waals surface area contributed by atoms with Crippen molar-refractivity contribution in [2.24, 2.45) is 5.92 Å². The van der Waals surface area contributed by atoms with Gasteiger partial charge in [0.05, 0.1) is 5.39 Å². The van der Waals surface area contributed by atoms with Crippen molar-refractivity contribution in [1.82, 2.24) is 15.5 Å². The number of carbonyl (C=O) groups is 1. The Labute approximate surface area is 123 Å². The molecule has 0 saturated carbocycles. The van der Waals surface area contributed by atoms with Gasteiger partial charge in [-0.15, -0.1) is 0 Å². The summed E-state index contributed by atoms with van der Waals surface area (Å²) in [5.74, 6) is 0.357. The molecule has 0 saturated heterocycles. The van der Waals surface area contributed by atoms with Gasteiger partial charge >= 0.3 is 0 Å². The van der Waals surface area contributed by atoms with Gasteiger partial charge in [0.1, 0.15) is 0 Å². The molecule has 0 fully saturated rings. The molecule has 0 bridgehead atoms. The molecule has 1 amide bonds. The first-order valence-electron chi connectivity index (χ1n) is 7.27. The Morgan fingerprint density at radius 2 is 1.86 bits per heavy atom. The van der Waals surface area contributed by atoms with Crippen LogP contribution in [0.15, 0.2) is 29.1 Å². The molecule has 5 nitrogen and oxygen atoms in total. The van der Waals surface area contributed by atoms with Crippen LogP contribution in [0.1, 0.15) is 44.1 Å². The lowest BCUT2D eigenvalue weighted by Crippen LogP contribution is -2.34. The Balaban J connectivity index is 2.20. The van der Waals surface area contributed by atoms with Gasteiger partial charge in [0.2, 0.25) is 0 Å². The number of fused-ring (bicyclic) bond motifs is 1. The molecular weight excluding hydrogens is 266 g/mol. The van der Waals surface area contributed by atoms with Crippen LogP contribution in [0.5, 0.6) is 0 Å². The van der Waals surface area contributed by atoms with E-state index in [0.29, 0.717) is 16.7 Å². The standard InChI is InChI=1S/C16H21N3O2/c1-10(2)8-9-11(3)17-16(21)14-12-6-4-5-7-13(12)15(20)19-18-14/h4-7,10-11H,8-9H2,1-3H3,(H,17,21)(H,19,20). The first-order valence-corrected chi connectivity index (χ1v) is 7.27. The molecule has 0 aliphatic carbocycles. The molecule has 2 rings (SSSR count). The first-order chi connectivity index (χ1) is 9.99. The minimum absolute atomic E-state index is 0.0763. The van der Waals surface area contributed by atoms with E-state index < -0.39 is 0 Å². The number of amides is 1. The van der Waals surface area contributed by atoms with Crippen molar-refractivity contribution in [2.45, 2.75) is 39.7 Å². The normalized spacial score (nSPS) is 12.6. The number of nitrogens with zero attached hydrogens (tertiary/aromatic N) is 1. The zero-order valence-corrected chi connectivity index (χ0v) is 12.6. The van der Waals surface area contributed by atoms with E-state index >= 15 is 0 Å². The van der Waals surface area contributed by atoms with Crippen LogP contribution in [-0.2, 0) is 0 Å². The Kier molecular flexibility index (Phi) is 4.73. The van der Waals surface area contributed by atoms with Gasteiger partial charge in [0.15, 0.2) is 5.69 Å². The summed E-state index contributed by atoms with van der Waals surface area (Å²) in [4.78, 5) is 24.0. The van der Waals surface area contributed by atoms with Gasteiger partial charge in [0, 0.05) is 11.4 Å². The molecule has 1 unspecified atom stereocenters. The largest absolute Gasteiger partial charge is 0.348 e. The highest BCUT2D eigenvalue weighted by Crippen LogP contribution is 2.13. The van der Waals surface area contributed by atoms with Crippen LogP contribution < -0.4 is 10.9 Å². The minimum atomic E-state index is -0.282. The molecule has 1 atom stereocenters. The van der Waals surface area contributed by atoms with Crippen molar-refractivity contribution >= 4 is 16.7 Å². The fourth-order valence-corrected chi connectivity index (χ4v) is 2.24. The predicted molar refractivity (Wildman–Crippen MR) is 83.4 cm³/mol. The van der Waals surface area contributed by atoms with Crippen LogP contribution in [0.3, 0.4) is 0 Å². The molecule has 0 aliphatic heterocycles. The maximum atomic E-state index is 12.3. The smallest absolute Gasteiger partial charge is 0.272 e. The monoisotopic (exact) mass is 287 g/mol. The number of rotatable bonds is 5. The molecule has 0 aliphatic rings. The highest BCUT2D eigenvalue weighted by molar-refractivity contribution is 6.04. The zero-order valence-electron chi connectivity index (χ0n) is 12.6. The highest BCUT2D eigenvalue weighted by atomic mass is 16.2. The van der Waals surface area contributed by atoms with Gasteiger partial charge in [-0.05, 0) is 31.7 Å². The lowest BCUT2D eigenvalue weighted by molar-refractivity contribution is 0.0933. The maximum absolute atomic E-state index is 12.3. The zero-order chi connectivity index (χ0) is 15.4. The van der Waals surface area contributed by atoms with E-state index in [-0.39, 0.29) is 23.2 Å². The molecule has 21 heavy (non-hydrogen) atoms. The van der Waals surface area contributed by atoms with Crippen molar-refractivity contribution in [3.05, 3.63) is 40.3 Å². The van der Waals surface area contributed by atoms with Crippen LogP contribution in [0, 0.1) is 5.92 Å². The van der Waals surface area contributed by atoms with E-state index in [0.717, 1.165) is 12.8 Å². The van der Waals surface area contributed by atoms with Crippen molar-refractivity contribution in [3.8, 4) is 0 Å². The van der Waals surface area contributed by atoms with E-state index in [1.165, 1.54) is 0 Å². The molecule has 0 radical (unpaired) electrons. The molecule has 2 aromatic rings. The summed E-state index contributed by atoms with van der Waals surface area (Å²) in [5, 5.41) is 10.3. The summed E-state index contributed by atoms with van der Waals surface area (Å²) < 4.78 is 0.